The van der Waals surface area contributed by atoms with Crippen molar-refractivity contribution < 1.29 is 19.1 Å². The first-order chi connectivity index (χ1) is 16.8. The third kappa shape index (κ3) is 5.75. The molecule has 0 saturated carbocycles. The Morgan fingerprint density at radius 1 is 1.09 bits per heavy atom. The van der Waals surface area contributed by atoms with E-state index in [1.807, 2.05) is 44.2 Å². The Balaban J connectivity index is 1.47. The number of anilines is 1. The largest absolute Gasteiger partial charge is 0.491 e. The molecule has 9 heteroatoms. The fourth-order valence-corrected chi connectivity index (χ4v) is 4.53. The second-order valence-electron chi connectivity index (χ2n) is 8.21. The minimum absolute atomic E-state index is 0.0523. The fourth-order valence-electron chi connectivity index (χ4n) is 3.50. The summed E-state index contributed by atoms with van der Waals surface area (Å²) < 4.78 is 12.2. The van der Waals surface area contributed by atoms with Crippen LogP contribution < -0.4 is 15.6 Å². The molecular weight excluding hydrogens is 466 g/mol. The van der Waals surface area contributed by atoms with Gasteiger partial charge in [-0.2, -0.15) is 0 Å². The van der Waals surface area contributed by atoms with Crippen LogP contribution in [0.2, 0.25) is 0 Å². The van der Waals surface area contributed by atoms with Crippen LogP contribution in [-0.2, 0) is 22.7 Å². The van der Waals surface area contributed by atoms with Crippen molar-refractivity contribution in [2.75, 3.05) is 5.32 Å². The number of nitrogens with one attached hydrogen (secondary N) is 1. The maximum Gasteiger partial charge on any atom is 0.349 e. The third-order valence-corrected chi connectivity index (χ3v) is 6.32. The second kappa shape index (κ2) is 10.5. The van der Waals surface area contributed by atoms with Gasteiger partial charge in [-0.25, -0.2) is 9.78 Å². The van der Waals surface area contributed by atoms with Crippen molar-refractivity contribution in [2.24, 2.45) is 0 Å². The number of rotatable bonds is 8. The van der Waals surface area contributed by atoms with Crippen molar-refractivity contribution >= 4 is 39.1 Å². The number of aryl methyl sites for hydroxylation is 1. The van der Waals surface area contributed by atoms with E-state index >= 15 is 0 Å². The van der Waals surface area contributed by atoms with Gasteiger partial charge in [-0.15, -0.1) is 11.3 Å². The molecule has 0 radical (unpaired) electrons. The fraction of sp³-hybridized carbons (Fsp3) is 0.231. The first-order valence-corrected chi connectivity index (χ1v) is 11.9. The highest BCUT2D eigenvalue weighted by molar-refractivity contribution is 7.20. The van der Waals surface area contributed by atoms with E-state index in [4.69, 9.17) is 9.47 Å². The van der Waals surface area contributed by atoms with Crippen LogP contribution in [0.4, 0.5) is 5.69 Å². The van der Waals surface area contributed by atoms with Crippen molar-refractivity contribution in [1.82, 2.24) is 9.55 Å². The molecule has 1 N–H and O–H groups in total. The van der Waals surface area contributed by atoms with Gasteiger partial charge in [0.1, 0.15) is 28.6 Å². The lowest BCUT2D eigenvalue weighted by Gasteiger charge is -2.11. The Bertz CT molecular complexity index is 1410. The number of hydrogen-bond acceptors (Lipinski definition) is 7. The topological polar surface area (TPSA) is 99.5 Å². The lowest BCUT2D eigenvalue weighted by Crippen LogP contribution is -2.27. The molecule has 0 aliphatic rings. The summed E-state index contributed by atoms with van der Waals surface area (Å²) in [5, 5.41) is 3.08. The smallest absolute Gasteiger partial charge is 0.349 e. The minimum atomic E-state index is -0.511. The Kier molecular flexibility index (Phi) is 7.26. The van der Waals surface area contributed by atoms with Crippen LogP contribution in [0, 0.1) is 6.92 Å². The second-order valence-corrected chi connectivity index (χ2v) is 9.21. The minimum Gasteiger partial charge on any atom is -0.491 e. The summed E-state index contributed by atoms with van der Waals surface area (Å²) in [6.07, 6.45) is 1.37. The molecule has 180 valence electrons. The Labute approximate surface area is 206 Å². The van der Waals surface area contributed by atoms with Crippen molar-refractivity contribution in [3.05, 3.63) is 87.3 Å². The molecule has 0 aliphatic heterocycles. The average molecular weight is 492 g/mol. The number of esters is 1. The van der Waals surface area contributed by atoms with Gasteiger partial charge in [0.2, 0.25) is 5.91 Å². The maximum atomic E-state index is 13.1. The highest BCUT2D eigenvalue weighted by Gasteiger charge is 2.21. The van der Waals surface area contributed by atoms with Crippen LogP contribution in [0.3, 0.4) is 0 Å². The molecule has 0 spiro atoms. The normalized spacial score (nSPS) is 11.0. The number of ether oxygens (including phenoxy) is 2. The molecule has 35 heavy (non-hydrogen) atoms. The molecule has 2 aromatic heterocycles. The number of benzene rings is 2. The monoisotopic (exact) mass is 491 g/mol. The summed E-state index contributed by atoms with van der Waals surface area (Å²) in [6.45, 7) is 5.48. The summed E-state index contributed by atoms with van der Waals surface area (Å²) in [7, 11) is 0. The first-order valence-electron chi connectivity index (χ1n) is 11.1. The molecule has 0 unspecified atom stereocenters. The summed E-state index contributed by atoms with van der Waals surface area (Å²) in [5.41, 5.74) is 1.56. The highest BCUT2D eigenvalue weighted by Crippen LogP contribution is 2.27. The number of aromatic nitrogens is 2. The quantitative estimate of drug-likeness (QED) is 0.363. The Morgan fingerprint density at radius 3 is 2.49 bits per heavy atom. The Morgan fingerprint density at radius 2 is 1.80 bits per heavy atom. The summed E-state index contributed by atoms with van der Waals surface area (Å²) >= 11 is 1.11. The van der Waals surface area contributed by atoms with Gasteiger partial charge in [0.15, 0.2) is 0 Å². The molecule has 2 aromatic carbocycles. The summed E-state index contributed by atoms with van der Waals surface area (Å²) in [4.78, 5) is 43.3. The molecule has 8 nitrogen and oxygen atoms in total. The molecular formula is C26H25N3O5S. The van der Waals surface area contributed by atoms with Crippen LogP contribution in [0.1, 0.15) is 34.6 Å². The van der Waals surface area contributed by atoms with Gasteiger partial charge in [0.05, 0.1) is 17.8 Å². The van der Waals surface area contributed by atoms with E-state index in [-0.39, 0.29) is 30.7 Å². The summed E-state index contributed by atoms with van der Waals surface area (Å²) in [6, 6.07) is 16.3. The molecule has 1 amide bonds. The predicted molar refractivity (Wildman–Crippen MR) is 135 cm³/mol. The standard InChI is InChI=1S/C26H25N3O5S/c1-16(2)34-20-11-9-19(10-12-20)28-21(30)13-29-15-27-24-22(25(29)31)17(3)23(35-24)26(32)33-14-18-7-5-4-6-8-18/h4-12,15-16H,13-14H2,1-3H3,(H,28,30). The Hall–Kier alpha value is -3.98. The highest BCUT2D eigenvalue weighted by atomic mass is 32.1. The van der Waals surface area contributed by atoms with E-state index in [0.29, 0.717) is 32.1 Å². The van der Waals surface area contributed by atoms with E-state index in [0.717, 1.165) is 16.9 Å². The van der Waals surface area contributed by atoms with Gasteiger partial charge >= 0.3 is 5.97 Å². The SMILES string of the molecule is Cc1c(C(=O)OCc2ccccc2)sc2ncn(CC(=O)Nc3ccc(OC(C)C)cc3)c(=O)c12. The zero-order chi connectivity index (χ0) is 24.9. The lowest BCUT2D eigenvalue weighted by molar-refractivity contribution is -0.116. The van der Waals surface area contributed by atoms with Crippen molar-refractivity contribution in [3.8, 4) is 5.75 Å². The molecule has 2 heterocycles. The predicted octanol–water partition coefficient (Wildman–Crippen LogP) is 4.55. The lowest BCUT2D eigenvalue weighted by atomic mass is 10.2. The van der Waals surface area contributed by atoms with E-state index < -0.39 is 5.97 Å². The van der Waals surface area contributed by atoms with E-state index in [2.05, 4.69) is 10.3 Å². The number of fused-ring (bicyclic) bond motifs is 1. The number of carbonyl (C=O) groups is 2. The van der Waals surface area contributed by atoms with Gasteiger partial charge in [-0.3, -0.25) is 14.2 Å². The third-order valence-electron chi connectivity index (χ3n) is 5.14. The van der Waals surface area contributed by atoms with Gasteiger partial charge in [0.25, 0.3) is 5.56 Å². The van der Waals surface area contributed by atoms with Crippen LogP contribution in [0.25, 0.3) is 10.2 Å². The molecule has 0 bridgehead atoms. The number of amides is 1. The van der Waals surface area contributed by atoms with Gasteiger partial charge in [0, 0.05) is 5.69 Å². The molecule has 4 aromatic rings. The molecule has 4 rings (SSSR count). The van der Waals surface area contributed by atoms with Crippen molar-refractivity contribution in [2.45, 2.75) is 40.0 Å². The van der Waals surface area contributed by atoms with Gasteiger partial charge < -0.3 is 14.8 Å². The van der Waals surface area contributed by atoms with Crippen molar-refractivity contribution in [1.29, 1.82) is 0 Å². The first kappa shape index (κ1) is 24.2. The van der Waals surface area contributed by atoms with E-state index in [1.54, 1.807) is 31.2 Å². The molecule has 0 atom stereocenters. The zero-order valence-corrected chi connectivity index (χ0v) is 20.4. The number of nitrogens with zero attached hydrogens (tertiary/aromatic N) is 2. The van der Waals surface area contributed by atoms with Crippen LogP contribution >= 0.6 is 11.3 Å². The molecule has 0 fully saturated rings. The van der Waals surface area contributed by atoms with Crippen LogP contribution in [0.15, 0.2) is 65.7 Å². The van der Waals surface area contributed by atoms with Crippen LogP contribution in [0.5, 0.6) is 5.75 Å². The molecule has 0 saturated heterocycles. The maximum absolute atomic E-state index is 13.1. The van der Waals surface area contributed by atoms with Crippen LogP contribution in [-0.4, -0.2) is 27.5 Å². The van der Waals surface area contributed by atoms with Gasteiger partial charge in [-0.1, -0.05) is 30.3 Å². The van der Waals surface area contributed by atoms with E-state index in [9.17, 15) is 14.4 Å². The summed E-state index contributed by atoms with van der Waals surface area (Å²) in [5.74, 6) is -0.181. The number of thiophene rings is 1. The number of hydrogen-bond donors (Lipinski definition) is 1. The molecule has 0 aliphatic carbocycles. The number of carbonyl (C=O) groups excluding carboxylic acids is 2. The van der Waals surface area contributed by atoms with Gasteiger partial charge in [-0.05, 0) is 56.2 Å². The van der Waals surface area contributed by atoms with E-state index in [1.165, 1.54) is 10.9 Å². The average Bonchev–Trinajstić information content (AvgIpc) is 3.18. The van der Waals surface area contributed by atoms with Crippen molar-refractivity contribution in [3.63, 3.8) is 0 Å². The zero-order valence-electron chi connectivity index (χ0n) is 19.6.